The van der Waals surface area contributed by atoms with Crippen molar-refractivity contribution in [2.45, 2.75) is 19.0 Å². The van der Waals surface area contributed by atoms with Gasteiger partial charge in [-0.2, -0.15) is 0 Å². The number of nitrogens with one attached hydrogen (secondary N) is 1. The molecule has 1 fully saturated rings. The summed E-state index contributed by atoms with van der Waals surface area (Å²) < 4.78 is 22.5. The molecule has 0 aliphatic carbocycles. The average Bonchev–Trinajstić information content (AvgIpc) is 2.67. The van der Waals surface area contributed by atoms with E-state index in [9.17, 15) is 18.5 Å². The van der Waals surface area contributed by atoms with Crippen molar-refractivity contribution in [3.8, 4) is 0 Å². The third kappa shape index (κ3) is 3.27. The highest BCUT2D eigenvalue weighted by Crippen LogP contribution is 2.14. The molecule has 1 aliphatic heterocycles. The molecule has 0 radical (unpaired) electrons. The van der Waals surface area contributed by atoms with E-state index in [1.54, 1.807) is 12.1 Å². The van der Waals surface area contributed by atoms with Crippen molar-refractivity contribution in [2.75, 3.05) is 11.5 Å². The Morgan fingerprint density at radius 1 is 1.33 bits per heavy atom. The van der Waals surface area contributed by atoms with Crippen LogP contribution in [0, 0.1) is 10.1 Å². The second kappa shape index (κ2) is 5.03. The molecule has 98 valence electrons. The fraction of sp³-hybridized carbons (Fsp3) is 0.455. The fourth-order valence-electron chi connectivity index (χ4n) is 1.95. The van der Waals surface area contributed by atoms with Crippen LogP contribution in [0.15, 0.2) is 24.3 Å². The molecular weight excluding hydrogens is 256 g/mol. The highest BCUT2D eigenvalue weighted by Gasteiger charge is 2.27. The number of benzene rings is 1. The lowest BCUT2D eigenvalue weighted by atomic mass is 10.2. The number of hydrogen-bond acceptors (Lipinski definition) is 5. The second-order valence-corrected chi connectivity index (χ2v) is 6.63. The van der Waals surface area contributed by atoms with Gasteiger partial charge in [0.15, 0.2) is 9.84 Å². The third-order valence-corrected chi connectivity index (χ3v) is 4.74. The molecule has 1 atom stereocenters. The lowest BCUT2D eigenvalue weighted by molar-refractivity contribution is -0.384. The summed E-state index contributed by atoms with van der Waals surface area (Å²) in [6.07, 6.45) is 0.634. The molecule has 6 nitrogen and oxygen atoms in total. The maximum absolute atomic E-state index is 11.3. The molecule has 1 unspecified atom stereocenters. The molecule has 7 heteroatoms. The minimum absolute atomic E-state index is 0.00908. The van der Waals surface area contributed by atoms with Crippen LogP contribution < -0.4 is 5.32 Å². The summed E-state index contributed by atoms with van der Waals surface area (Å²) in [7, 11) is -2.87. The first-order valence-corrected chi connectivity index (χ1v) is 7.45. The average molecular weight is 270 g/mol. The van der Waals surface area contributed by atoms with Crippen LogP contribution in [0.1, 0.15) is 12.0 Å². The molecule has 1 aromatic rings. The smallest absolute Gasteiger partial charge is 0.269 e. The fourth-order valence-corrected chi connectivity index (χ4v) is 3.66. The van der Waals surface area contributed by atoms with Crippen molar-refractivity contribution in [1.29, 1.82) is 0 Å². The second-order valence-electron chi connectivity index (χ2n) is 4.40. The van der Waals surface area contributed by atoms with Crippen molar-refractivity contribution in [3.63, 3.8) is 0 Å². The van der Waals surface area contributed by atoms with E-state index in [-0.39, 0.29) is 23.2 Å². The van der Waals surface area contributed by atoms with Crippen LogP contribution in [0.25, 0.3) is 0 Å². The standard InChI is InChI=1S/C11H14N2O4S/c14-13(15)11-3-1-9(2-4-11)7-12-10-5-6-18(16,17)8-10/h1-4,10,12H,5-8H2. The number of sulfone groups is 1. The molecule has 2 rings (SSSR count). The maximum atomic E-state index is 11.3. The first-order valence-electron chi connectivity index (χ1n) is 5.63. The van der Waals surface area contributed by atoms with E-state index in [4.69, 9.17) is 0 Å². The van der Waals surface area contributed by atoms with Gasteiger partial charge in [-0.25, -0.2) is 8.42 Å². The molecule has 1 heterocycles. The van der Waals surface area contributed by atoms with Gasteiger partial charge in [0.05, 0.1) is 16.4 Å². The Morgan fingerprint density at radius 2 is 2.00 bits per heavy atom. The molecular formula is C11H14N2O4S. The third-order valence-electron chi connectivity index (χ3n) is 2.97. The first kappa shape index (κ1) is 13.0. The van der Waals surface area contributed by atoms with Gasteiger partial charge in [-0.3, -0.25) is 10.1 Å². The number of nitro groups is 1. The maximum Gasteiger partial charge on any atom is 0.269 e. The summed E-state index contributed by atoms with van der Waals surface area (Å²) in [5.74, 6) is 0.422. The van der Waals surface area contributed by atoms with Crippen LogP contribution in [0.3, 0.4) is 0 Å². The van der Waals surface area contributed by atoms with Gasteiger partial charge in [0.25, 0.3) is 5.69 Å². The minimum Gasteiger partial charge on any atom is -0.309 e. The normalized spacial score (nSPS) is 21.9. The summed E-state index contributed by atoms with van der Waals surface area (Å²) >= 11 is 0. The highest BCUT2D eigenvalue weighted by atomic mass is 32.2. The SMILES string of the molecule is O=[N+]([O-])c1ccc(CNC2CCS(=O)(=O)C2)cc1. The monoisotopic (exact) mass is 270 g/mol. The molecule has 0 spiro atoms. The summed E-state index contributed by atoms with van der Waals surface area (Å²) in [5.41, 5.74) is 0.965. The molecule has 0 amide bonds. The lowest BCUT2D eigenvalue weighted by Gasteiger charge is -2.10. The summed E-state index contributed by atoms with van der Waals surface area (Å²) in [6.45, 7) is 0.526. The van der Waals surface area contributed by atoms with Gasteiger partial charge < -0.3 is 5.32 Å². The van der Waals surface area contributed by atoms with E-state index < -0.39 is 14.8 Å². The zero-order valence-electron chi connectivity index (χ0n) is 9.70. The Bertz CT molecular complexity index is 539. The number of nitrogens with zero attached hydrogens (tertiary/aromatic N) is 1. The quantitative estimate of drug-likeness (QED) is 0.647. The Kier molecular flexibility index (Phi) is 3.63. The molecule has 1 N–H and O–H groups in total. The Labute approximate surface area is 105 Å². The molecule has 1 aliphatic rings. The zero-order chi connectivity index (χ0) is 13.2. The van der Waals surface area contributed by atoms with Crippen LogP contribution in [-0.2, 0) is 16.4 Å². The van der Waals surface area contributed by atoms with E-state index in [0.717, 1.165) is 5.56 Å². The van der Waals surface area contributed by atoms with Crippen molar-refractivity contribution in [2.24, 2.45) is 0 Å². The number of nitro benzene ring substituents is 1. The van der Waals surface area contributed by atoms with E-state index in [2.05, 4.69) is 5.32 Å². The van der Waals surface area contributed by atoms with E-state index in [1.807, 2.05) is 0 Å². The first-order chi connectivity index (χ1) is 8.46. The Morgan fingerprint density at radius 3 is 2.50 bits per heavy atom. The van der Waals surface area contributed by atoms with E-state index in [1.165, 1.54) is 12.1 Å². The number of hydrogen-bond donors (Lipinski definition) is 1. The number of rotatable bonds is 4. The molecule has 0 saturated carbocycles. The van der Waals surface area contributed by atoms with Crippen molar-refractivity contribution in [1.82, 2.24) is 5.32 Å². The van der Waals surface area contributed by atoms with Crippen molar-refractivity contribution in [3.05, 3.63) is 39.9 Å². The summed E-state index contributed by atoms with van der Waals surface area (Å²) in [6, 6.07) is 6.23. The van der Waals surface area contributed by atoms with Gasteiger partial charge in [-0.15, -0.1) is 0 Å². The van der Waals surface area contributed by atoms with Gasteiger partial charge in [0.2, 0.25) is 0 Å². The highest BCUT2D eigenvalue weighted by molar-refractivity contribution is 7.91. The van der Waals surface area contributed by atoms with Gasteiger partial charge in [0.1, 0.15) is 0 Å². The van der Waals surface area contributed by atoms with Gasteiger partial charge in [0, 0.05) is 24.7 Å². The van der Waals surface area contributed by atoms with Crippen molar-refractivity contribution < 1.29 is 13.3 Å². The largest absolute Gasteiger partial charge is 0.309 e. The number of non-ortho nitro benzene ring substituents is 1. The van der Waals surface area contributed by atoms with Crippen LogP contribution in [0.2, 0.25) is 0 Å². The predicted octanol–water partition coefficient (Wildman–Crippen LogP) is 0.872. The predicted molar refractivity (Wildman–Crippen MR) is 67.0 cm³/mol. The van der Waals surface area contributed by atoms with Crippen molar-refractivity contribution >= 4 is 15.5 Å². The molecule has 1 aromatic carbocycles. The lowest BCUT2D eigenvalue weighted by Crippen LogP contribution is -2.29. The Hall–Kier alpha value is -1.47. The molecule has 0 aromatic heterocycles. The van der Waals surface area contributed by atoms with E-state index >= 15 is 0 Å². The molecule has 0 bridgehead atoms. The van der Waals surface area contributed by atoms with Crippen LogP contribution in [0.4, 0.5) is 5.69 Å². The molecule has 18 heavy (non-hydrogen) atoms. The molecule has 1 saturated heterocycles. The van der Waals surface area contributed by atoms with Crippen LogP contribution in [-0.4, -0.2) is 30.9 Å². The van der Waals surface area contributed by atoms with Gasteiger partial charge >= 0.3 is 0 Å². The van der Waals surface area contributed by atoms with E-state index in [0.29, 0.717) is 13.0 Å². The summed E-state index contributed by atoms with van der Waals surface area (Å²) in [4.78, 5) is 10.0. The minimum atomic E-state index is -2.87. The van der Waals surface area contributed by atoms with Gasteiger partial charge in [-0.05, 0) is 12.0 Å². The van der Waals surface area contributed by atoms with Crippen LogP contribution in [0.5, 0.6) is 0 Å². The zero-order valence-corrected chi connectivity index (χ0v) is 10.5. The topological polar surface area (TPSA) is 89.3 Å². The van der Waals surface area contributed by atoms with Gasteiger partial charge in [-0.1, -0.05) is 12.1 Å². The van der Waals surface area contributed by atoms with Crippen LogP contribution >= 0.6 is 0 Å². The summed E-state index contributed by atoms with van der Waals surface area (Å²) in [5, 5.41) is 13.6. The Balaban J connectivity index is 1.89.